The van der Waals surface area contributed by atoms with E-state index in [0.717, 1.165) is 6.54 Å². The molecule has 0 aromatic carbocycles. The van der Waals surface area contributed by atoms with E-state index in [2.05, 4.69) is 31.8 Å². The summed E-state index contributed by atoms with van der Waals surface area (Å²) in [4.78, 5) is 12.9. The highest BCUT2D eigenvalue weighted by atomic mass is 32.2. The van der Waals surface area contributed by atoms with Crippen LogP contribution in [0.25, 0.3) is 0 Å². The zero-order valence-corrected chi connectivity index (χ0v) is 14.1. The molecule has 1 heterocycles. The third-order valence-corrected chi connectivity index (χ3v) is 5.11. The van der Waals surface area contributed by atoms with Crippen LogP contribution >= 0.6 is 11.8 Å². The van der Waals surface area contributed by atoms with Crippen molar-refractivity contribution < 1.29 is 4.74 Å². The quantitative estimate of drug-likeness (QED) is 0.802. The zero-order valence-electron chi connectivity index (χ0n) is 13.3. The van der Waals surface area contributed by atoms with Crippen LogP contribution in [-0.2, 0) is 0 Å². The molecule has 1 aromatic heterocycles. The topological polar surface area (TPSA) is 72.0 Å². The first-order chi connectivity index (χ1) is 10.1. The van der Waals surface area contributed by atoms with Crippen molar-refractivity contribution in [2.75, 3.05) is 30.5 Å². The Morgan fingerprint density at radius 1 is 1.19 bits per heavy atom. The van der Waals surface area contributed by atoms with Crippen LogP contribution in [0.2, 0.25) is 0 Å². The molecule has 6 nitrogen and oxygen atoms in total. The van der Waals surface area contributed by atoms with Gasteiger partial charge >= 0.3 is 6.01 Å². The van der Waals surface area contributed by atoms with Gasteiger partial charge < -0.3 is 15.4 Å². The van der Waals surface area contributed by atoms with Gasteiger partial charge in [0.25, 0.3) is 0 Å². The van der Waals surface area contributed by atoms with Crippen LogP contribution in [0.3, 0.4) is 0 Å². The second-order valence-electron chi connectivity index (χ2n) is 5.63. The van der Waals surface area contributed by atoms with Gasteiger partial charge in [-0.1, -0.05) is 12.8 Å². The summed E-state index contributed by atoms with van der Waals surface area (Å²) in [7, 11) is 1.79. The van der Waals surface area contributed by atoms with Crippen molar-refractivity contribution in [1.29, 1.82) is 0 Å². The Bertz CT molecular complexity index is 463. The molecule has 1 aliphatic carbocycles. The maximum atomic E-state index is 5.57. The van der Waals surface area contributed by atoms with E-state index in [1.807, 2.05) is 25.6 Å². The van der Waals surface area contributed by atoms with E-state index in [-0.39, 0.29) is 6.10 Å². The van der Waals surface area contributed by atoms with E-state index in [1.54, 1.807) is 7.05 Å². The van der Waals surface area contributed by atoms with Gasteiger partial charge in [0.15, 0.2) is 0 Å². The van der Waals surface area contributed by atoms with Crippen LogP contribution in [-0.4, -0.2) is 45.7 Å². The molecule has 1 aliphatic rings. The van der Waals surface area contributed by atoms with Gasteiger partial charge in [-0.2, -0.15) is 26.7 Å². The Balaban J connectivity index is 2.07. The summed E-state index contributed by atoms with van der Waals surface area (Å²) < 4.78 is 5.88. The maximum absolute atomic E-state index is 5.57. The molecule has 1 saturated carbocycles. The van der Waals surface area contributed by atoms with Gasteiger partial charge in [-0.15, -0.1) is 0 Å². The minimum Gasteiger partial charge on any atom is -0.461 e. The average Bonchev–Trinajstić information content (AvgIpc) is 2.93. The highest BCUT2D eigenvalue weighted by Gasteiger charge is 2.32. The van der Waals surface area contributed by atoms with Crippen molar-refractivity contribution in [3.8, 4) is 6.01 Å². The van der Waals surface area contributed by atoms with Gasteiger partial charge in [-0.05, 0) is 32.9 Å². The summed E-state index contributed by atoms with van der Waals surface area (Å²) in [5.74, 6) is 1.10. The van der Waals surface area contributed by atoms with Crippen LogP contribution in [0.4, 0.5) is 11.9 Å². The largest absolute Gasteiger partial charge is 0.461 e. The van der Waals surface area contributed by atoms with Gasteiger partial charge in [-0.3, -0.25) is 0 Å². The molecule has 0 radical (unpaired) electrons. The van der Waals surface area contributed by atoms with Gasteiger partial charge in [-0.25, -0.2) is 0 Å². The Kier molecular flexibility index (Phi) is 5.50. The third kappa shape index (κ3) is 4.36. The van der Waals surface area contributed by atoms with Crippen molar-refractivity contribution in [2.45, 2.75) is 50.4 Å². The molecule has 0 unspecified atom stereocenters. The third-order valence-electron chi connectivity index (χ3n) is 3.70. The summed E-state index contributed by atoms with van der Waals surface area (Å²) in [6.45, 7) is 4.79. The van der Waals surface area contributed by atoms with Crippen molar-refractivity contribution in [3.63, 3.8) is 0 Å². The predicted molar refractivity (Wildman–Crippen MR) is 88.3 cm³/mol. The van der Waals surface area contributed by atoms with E-state index in [1.165, 1.54) is 25.7 Å². The lowest BCUT2D eigenvalue weighted by Crippen LogP contribution is -2.30. The Morgan fingerprint density at radius 3 is 2.43 bits per heavy atom. The van der Waals surface area contributed by atoms with E-state index in [0.29, 0.717) is 22.7 Å². The van der Waals surface area contributed by atoms with E-state index in [9.17, 15) is 0 Å². The lowest BCUT2D eigenvalue weighted by atomic mass is 10.1. The van der Waals surface area contributed by atoms with Gasteiger partial charge in [0, 0.05) is 18.3 Å². The molecule has 0 aliphatic heterocycles. The number of nitrogens with zero attached hydrogens (tertiary/aromatic N) is 3. The molecule has 0 bridgehead atoms. The van der Waals surface area contributed by atoms with Crippen molar-refractivity contribution in [1.82, 2.24) is 15.0 Å². The molecule has 0 saturated heterocycles. The van der Waals surface area contributed by atoms with Gasteiger partial charge in [0.05, 0.1) is 6.10 Å². The molecule has 2 rings (SSSR count). The van der Waals surface area contributed by atoms with Crippen LogP contribution in [0, 0.1) is 0 Å². The summed E-state index contributed by atoms with van der Waals surface area (Å²) >= 11 is 1.94. The minimum atomic E-state index is 0.0392. The number of ether oxygens (including phenoxy) is 1. The normalized spacial score (nSPS) is 17.0. The van der Waals surface area contributed by atoms with E-state index >= 15 is 0 Å². The molecule has 21 heavy (non-hydrogen) atoms. The van der Waals surface area contributed by atoms with Crippen LogP contribution in [0.1, 0.15) is 39.5 Å². The molecule has 0 amide bonds. The molecule has 1 aromatic rings. The maximum Gasteiger partial charge on any atom is 0.323 e. The molecular formula is C14H25N5OS. The first kappa shape index (κ1) is 16.1. The number of rotatable bonds is 7. The van der Waals surface area contributed by atoms with Crippen molar-refractivity contribution >= 4 is 23.7 Å². The number of hydrogen-bond donors (Lipinski definition) is 2. The van der Waals surface area contributed by atoms with Crippen LogP contribution < -0.4 is 15.4 Å². The molecule has 2 N–H and O–H groups in total. The SMILES string of the molecule is CNc1nc(NCC2(SC)CCCC2)nc(OC(C)C)n1. The predicted octanol–water partition coefficient (Wildman–Crippen LogP) is 2.79. The second-order valence-corrected chi connectivity index (χ2v) is 6.90. The summed E-state index contributed by atoms with van der Waals surface area (Å²) in [6, 6.07) is 0.358. The molecule has 0 spiro atoms. The molecule has 0 atom stereocenters. The molecule has 1 fully saturated rings. The number of thioether (sulfide) groups is 1. The van der Waals surface area contributed by atoms with Crippen LogP contribution in [0.5, 0.6) is 6.01 Å². The van der Waals surface area contributed by atoms with Gasteiger partial charge in [0.2, 0.25) is 11.9 Å². The average molecular weight is 311 g/mol. The highest BCUT2D eigenvalue weighted by Crippen LogP contribution is 2.40. The van der Waals surface area contributed by atoms with Crippen molar-refractivity contribution in [2.24, 2.45) is 0 Å². The Morgan fingerprint density at radius 2 is 1.86 bits per heavy atom. The summed E-state index contributed by atoms with van der Waals surface area (Å²) in [5, 5.41) is 6.31. The number of nitrogens with one attached hydrogen (secondary N) is 2. The number of anilines is 2. The van der Waals surface area contributed by atoms with E-state index < -0.39 is 0 Å². The second kappa shape index (κ2) is 7.15. The van der Waals surface area contributed by atoms with Gasteiger partial charge in [0.1, 0.15) is 0 Å². The highest BCUT2D eigenvalue weighted by molar-refractivity contribution is 8.00. The first-order valence-corrected chi connectivity index (χ1v) is 8.69. The Labute approximate surface area is 130 Å². The lowest BCUT2D eigenvalue weighted by molar-refractivity contribution is 0.222. The number of hydrogen-bond acceptors (Lipinski definition) is 7. The Hall–Kier alpha value is -1.24. The van der Waals surface area contributed by atoms with E-state index in [4.69, 9.17) is 4.74 Å². The molecule has 118 valence electrons. The first-order valence-electron chi connectivity index (χ1n) is 7.46. The fraction of sp³-hybridized carbons (Fsp3) is 0.786. The van der Waals surface area contributed by atoms with Crippen LogP contribution in [0.15, 0.2) is 0 Å². The summed E-state index contributed by atoms with van der Waals surface area (Å²) in [6.07, 6.45) is 7.34. The summed E-state index contributed by atoms with van der Waals surface area (Å²) in [5.41, 5.74) is 0. The molecule has 7 heteroatoms. The monoisotopic (exact) mass is 311 g/mol. The standard InChI is InChI=1S/C14H25N5OS/c1-10(2)20-13-18-11(15-3)17-12(19-13)16-9-14(21-4)7-5-6-8-14/h10H,5-9H2,1-4H3,(H2,15,16,17,18,19). The van der Waals surface area contributed by atoms with Crippen molar-refractivity contribution in [3.05, 3.63) is 0 Å². The number of aromatic nitrogens is 3. The smallest absolute Gasteiger partial charge is 0.323 e. The molecular weight excluding hydrogens is 286 g/mol. The minimum absolute atomic E-state index is 0.0392. The zero-order chi connectivity index (χ0) is 15.3. The fourth-order valence-electron chi connectivity index (χ4n) is 2.52. The fourth-order valence-corrected chi connectivity index (χ4v) is 3.44. The lowest BCUT2D eigenvalue weighted by Gasteiger charge is -2.26.